The van der Waals surface area contributed by atoms with Crippen LogP contribution in [0.1, 0.15) is 66.7 Å². The van der Waals surface area contributed by atoms with E-state index in [1.807, 2.05) is 0 Å². The lowest BCUT2D eigenvalue weighted by Gasteiger charge is -2.28. The Hall–Kier alpha value is -1.04. The second-order valence-corrected chi connectivity index (χ2v) is 6.92. The minimum absolute atomic E-state index is 0.163. The van der Waals surface area contributed by atoms with Crippen LogP contribution >= 0.6 is 0 Å². The molecule has 0 fully saturated rings. The van der Waals surface area contributed by atoms with Gasteiger partial charge in [-0.3, -0.25) is 0 Å². The first-order valence-electron chi connectivity index (χ1n) is 8.10. The van der Waals surface area contributed by atoms with E-state index in [4.69, 9.17) is 0 Å². The van der Waals surface area contributed by atoms with Crippen molar-refractivity contribution >= 4 is 0 Å². The molecule has 0 aromatic carbocycles. The zero-order chi connectivity index (χ0) is 15.2. The highest BCUT2D eigenvalue weighted by Crippen LogP contribution is 2.36. The predicted molar refractivity (Wildman–Crippen MR) is 91.8 cm³/mol. The molecule has 1 aliphatic rings. The Morgan fingerprint density at radius 2 is 2.15 bits per heavy atom. The molecule has 0 spiro atoms. The molecule has 0 aromatic heterocycles. The summed E-state index contributed by atoms with van der Waals surface area (Å²) in [4.78, 5) is 0. The Bertz CT molecular complexity index is 415. The highest BCUT2D eigenvalue weighted by atomic mass is 14.3. The summed E-state index contributed by atoms with van der Waals surface area (Å²) in [5, 5.41) is 0. The van der Waals surface area contributed by atoms with Crippen molar-refractivity contribution in [2.75, 3.05) is 0 Å². The Morgan fingerprint density at radius 1 is 1.45 bits per heavy atom. The smallest absolute Gasteiger partial charge is 0.00749 e. The van der Waals surface area contributed by atoms with Gasteiger partial charge in [0.2, 0.25) is 0 Å². The third kappa shape index (κ3) is 5.15. The zero-order valence-electron chi connectivity index (χ0n) is 14.1. The molecule has 1 unspecified atom stereocenters. The van der Waals surface area contributed by atoms with E-state index in [0.29, 0.717) is 0 Å². The maximum atomic E-state index is 4.21. The van der Waals surface area contributed by atoms with Gasteiger partial charge in [-0.15, -0.1) is 0 Å². The summed E-state index contributed by atoms with van der Waals surface area (Å²) < 4.78 is 0. The lowest BCUT2D eigenvalue weighted by atomic mass is 9.77. The molecule has 0 nitrogen and oxygen atoms in total. The van der Waals surface area contributed by atoms with E-state index in [2.05, 4.69) is 65.5 Å². The van der Waals surface area contributed by atoms with Crippen LogP contribution in [0, 0.1) is 11.3 Å². The van der Waals surface area contributed by atoms with Gasteiger partial charge in [-0.05, 0) is 37.7 Å². The van der Waals surface area contributed by atoms with E-state index >= 15 is 0 Å². The van der Waals surface area contributed by atoms with Crippen molar-refractivity contribution in [1.82, 2.24) is 0 Å². The summed E-state index contributed by atoms with van der Waals surface area (Å²) >= 11 is 0. The van der Waals surface area contributed by atoms with Crippen LogP contribution in [0.5, 0.6) is 0 Å². The molecular formula is C20H32. The van der Waals surface area contributed by atoms with E-state index in [0.717, 1.165) is 18.8 Å². The summed E-state index contributed by atoms with van der Waals surface area (Å²) in [5.41, 5.74) is 4.37. The SMILES string of the molecule is C=C(/C=C/C1=C(C)CC=CC1(C)C)CCCC(C)CC. The number of rotatable bonds is 7. The Morgan fingerprint density at radius 3 is 2.75 bits per heavy atom. The summed E-state index contributed by atoms with van der Waals surface area (Å²) in [6.45, 7) is 15.6. The number of hydrogen-bond acceptors (Lipinski definition) is 0. The van der Waals surface area contributed by atoms with Gasteiger partial charge in [0.15, 0.2) is 0 Å². The van der Waals surface area contributed by atoms with Crippen molar-refractivity contribution in [3.05, 3.63) is 47.6 Å². The highest BCUT2D eigenvalue weighted by molar-refractivity contribution is 5.40. The van der Waals surface area contributed by atoms with Crippen molar-refractivity contribution in [3.8, 4) is 0 Å². The van der Waals surface area contributed by atoms with Crippen LogP contribution < -0.4 is 0 Å². The topological polar surface area (TPSA) is 0 Å². The maximum Gasteiger partial charge on any atom is 0.00749 e. The van der Waals surface area contributed by atoms with Gasteiger partial charge in [-0.2, -0.15) is 0 Å². The van der Waals surface area contributed by atoms with Crippen LogP contribution in [0.25, 0.3) is 0 Å². The minimum atomic E-state index is 0.163. The molecule has 1 aliphatic carbocycles. The molecule has 0 amide bonds. The third-order valence-corrected chi connectivity index (χ3v) is 4.49. The largest absolute Gasteiger partial charge is 0.0958 e. The Labute approximate surface area is 126 Å². The molecule has 112 valence electrons. The van der Waals surface area contributed by atoms with E-state index in [1.54, 1.807) is 0 Å². The monoisotopic (exact) mass is 272 g/mol. The van der Waals surface area contributed by atoms with Crippen molar-refractivity contribution < 1.29 is 0 Å². The van der Waals surface area contributed by atoms with Gasteiger partial charge in [0.1, 0.15) is 0 Å². The Kier molecular flexibility index (Phi) is 6.52. The molecular weight excluding hydrogens is 240 g/mol. The number of hydrogen-bond donors (Lipinski definition) is 0. The van der Waals surface area contributed by atoms with Gasteiger partial charge in [-0.1, -0.05) is 82.6 Å². The lowest BCUT2D eigenvalue weighted by molar-refractivity contribution is 0.496. The van der Waals surface area contributed by atoms with Gasteiger partial charge >= 0.3 is 0 Å². The summed E-state index contributed by atoms with van der Waals surface area (Å²) in [6.07, 6.45) is 15.2. The van der Waals surface area contributed by atoms with Crippen molar-refractivity contribution in [2.24, 2.45) is 11.3 Å². The molecule has 0 aromatic rings. The first-order chi connectivity index (χ1) is 9.36. The number of allylic oxidation sites excluding steroid dienone is 7. The molecule has 20 heavy (non-hydrogen) atoms. The fraction of sp³-hybridized carbons (Fsp3) is 0.600. The van der Waals surface area contributed by atoms with E-state index < -0.39 is 0 Å². The fourth-order valence-corrected chi connectivity index (χ4v) is 2.80. The van der Waals surface area contributed by atoms with Crippen LogP contribution in [0.4, 0.5) is 0 Å². The quantitative estimate of drug-likeness (QED) is 0.361. The summed E-state index contributed by atoms with van der Waals surface area (Å²) in [7, 11) is 0. The molecule has 0 heteroatoms. The third-order valence-electron chi connectivity index (χ3n) is 4.49. The molecule has 0 saturated carbocycles. The molecule has 0 radical (unpaired) electrons. The van der Waals surface area contributed by atoms with Crippen LogP contribution in [-0.2, 0) is 0 Å². The molecule has 0 saturated heterocycles. The Balaban J connectivity index is 2.53. The molecule has 0 heterocycles. The van der Waals surface area contributed by atoms with Crippen LogP contribution in [0.15, 0.2) is 47.6 Å². The van der Waals surface area contributed by atoms with Gasteiger partial charge in [0.25, 0.3) is 0 Å². The van der Waals surface area contributed by atoms with E-state index in [-0.39, 0.29) is 5.41 Å². The maximum absolute atomic E-state index is 4.21. The average molecular weight is 272 g/mol. The van der Waals surface area contributed by atoms with Crippen molar-refractivity contribution in [2.45, 2.75) is 66.7 Å². The summed E-state index contributed by atoms with van der Waals surface area (Å²) in [5.74, 6) is 0.846. The molecule has 0 aliphatic heterocycles. The van der Waals surface area contributed by atoms with Gasteiger partial charge in [0, 0.05) is 5.41 Å². The molecule has 0 bridgehead atoms. The van der Waals surface area contributed by atoms with Crippen LogP contribution in [0.2, 0.25) is 0 Å². The predicted octanol–water partition coefficient (Wildman–Crippen LogP) is 6.62. The van der Waals surface area contributed by atoms with Crippen molar-refractivity contribution in [3.63, 3.8) is 0 Å². The minimum Gasteiger partial charge on any atom is -0.0958 e. The molecule has 1 atom stereocenters. The summed E-state index contributed by atoms with van der Waals surface area (Å²) in [6, 6.07) is 0. The zero-order valence-corrected chi connectivity index (χ0v) is 14.1. The normalized spacial score (nSPS) is 19.6. The highest BCUT2D eigenvalue weighted by Gasteiger charge is 2.22. The van der Waals surface area contributed by atoms with Crippen molar-refractivity contribution in [1.29, 1.82) is 0 Å². The van der Waals surface area contributed by atoms with Crippen LogP contribution in [0.3, 0.4) is 0 Å². The first-order valence-corrected chi connectivity index (χ1v) is 8.10. The fourth-order valence-electron chi connectivity index (χ4n) is 2.80. The van der Waals surface area contributed by atoms with E-state index in [1.165, 1.54) is 36.0 Å². The lowest BCUT2D eigenvalue weighted by Crippen LogP contribution is -2.14. The van der Waals surface area contributed by atoms with Gasteiger partial charge in [0.05, 0.1) is 0 Å². The standard InChI is InChI=1S/C20H32/c1-7-16(2)10-8-11-17(3)13-14-19-18(4)12-9-15-20(19,5)6/h9,13-16H,3,7-8,10-12H2,1-2,4-6H3/b14-13+. The molecule has 1 rings (SSSR count). The second kappa shape index (κ2) is 7.67. The average Bonchev–Trinajstić information content (AvgIpc) is 2.37. The first kappa shape index (κ1) is 17.0. The molecule has 0 N–H and O–H groups in total. The van der Waals surface area contributed by atoms with Gasteiger partial charge < -0.3 is 0 Å². The second-order valence-electron chi connectivity index (χ2n) is 6.92. The van der Waals surface area contributed by atoms with Gasteiger partial charge in [-0.25, -0.2) is 0 Å². The van der Waals surface area contributed by atoms with Crippen LogP contribution in [-0.4, -0.2) is 0 Å². The van der Waals surface area contributed by atoms with E-state index in [9.17, 15) is 0 Å².